The molecule has 0 aromatic heterocycles. The van der Waals surface area contributed by atoms with Crippen molar-refractivity contribution in [2.24, 2.45) is 10.7 Å². The highest BCUT2D eigenvalue weighted by Gasteiger charge is 2.19. The molecule has 1 aromatic carbocycles. The molecule has 3 N–H and O–H groups in total. The molecular weight excluding hydrogens is 264 g/mol. The van der Waals surface area contributed by atoms with Crippen LogP contribution in [-0.2, 0) is 6.42 Å². The van der Waals surface area contributed by atoms with Gasteiger partial charge >= 0.3 is 6.03 Å². The maximum Gasteiger partial charge on any atom is 0.328 e. The van der Waals surface area contributed by atoms with Crippen molar-refractivity contribution in [1.29, 1.82) is 0 Å². The third-order valence-electron chi connectivity index (χ3n) is 2.76. The summed E-state index contributed by atoms with van der Waals surface area (Å²) in [5.74, 6) is 0.0774. The molecule has 6 heteroatoms. The lowest BCUT2D eigenvalue weighted by Crippen LogP contribution is -2.46. The fourth-order valence-corrected chi connectivity index (χ4v) is 2.08. The summed E-state index contributed by atoms with van der Waals surface area (Å²) in [4.78, 5) is 17.4. The normalized spacial score (nSPS) is 11.3. The molecule has 104 valence electrons. The van der Waals surface area contributed by atoms with Crippen LogP contribution in [0.4, 0.5) is 10.5 Å². The third-order valence-corrected chi connectivity index (χ3v) is 3.06. The number of nitrogens with two attached hydrogens (primary N) is 1. The van der Waals surface area contributed by atoms with E-state index in [0.717, 1.165) is 17.7 Å². The number of amides is 2. The maximum atomic E-state index is 12.2. The van der Waals surface area contributed by atoms with Crippen LogP contribution < -0.4 is 16.0 Å². The van der Waals surface area contributed by atoms with Crippen molar-refractivity contribution < 1.29 is 4.79 Å². The van der Waals surface area contributed by atoms with Crippen LogP contribution in [0.15, 0.2) is 23.2 Å². The van der Waals surface area contributed by atoms with E-state index in [2.05, 4.69) is 10.3 Å². The first-order valence-electron chi connectivity index (χ1n) is 6.13. The van der Waals surface area contributed by atoms with E-state index in [1.165, 1.54) is 7.05 Å². The predicted octanol–water partition coefficient (Wildman–Crippen LogP) is 2.38. The van der Waals surface area contributed by atoms with Crippen LogP contribution in [0.2, 0.25) is 5.02 Å². The molecule has 0 aliphatic rings. The number of hydrogen-bond acceptors (Lipinski definition) is 2. The average Bonchev–Trinajstić information content (AvgIpc) is 2.41. The minimum Gasteiger partial charge on any atom is -0.370 e. The third kappa shape index (κ3) is 3.61. The Bertz CT molecular complexity index is 488. The van der Waals surface area contributed by atoms with E-state index >= 15 is 0 Å². The smallest absolute Gasteiger partial charge is 0.328 e. The number of urea groups is 1. The summed E-state index contributed by atoms with van der Waals surface area (Å²) in [6, 6.07) is 5.25. The summed E-state index contributed by atoms with van der Waals surface area (Å²) in [6.07, 6.45) is 0.789. The van der Waals surface area contributed by atoms with Gasteiger partial charge in [0.1, 0.15) is 0 Å². The Balaban J connectivity index is 3.13. The molecule has 5 nitrogen and oxygen atoms in total. The van der Waals surface area contributed by atoms with Crippen LogP contribution in [0.3, 0.4) is 0 Å². The number of nitrogens with zero attached hydrogens (tertiary/aromatic N) is 2. The monoisotopic (exact) mass is 282 g/mol. The highest BCUT2D eigenvalue weighted by Crippen LogP contribution is 2.30. The lowest BCUT2D eigenvalue weighted by Gasteiger charge is -2.24. The number of aryl methyl sites for hydroxylation is 1. The van der Waals surface area contributed by atoms with Crippen LogP contribution in [0, 0.1) is 0 Å². The van der Waals surface area contributed by atoms with Crippen LogP contribution in [0.1, 0.15) is 19.4 Å². The van der Waals surface area contributed by atoms with Gasteiger partial charge in [0.25, 0.3) is 0 Å². The van der Waals surface area contributed by atoms with Crippen molar-refractivity contribution >= 4 is 29.3 Å². The Hall–Kier alpha value is -1.75. The van der Waals surface area contributed by atoms with Gasteiger partial charge in [-0.1, -0.05) is 30.7 Å². The zero-order valence-electron chi connectivity index (χ0n) is 11.4. The van der Waals surface area contributed by atoms with Gasteiger partial charge < -0.3 is 5.73 Å². The van der Waals surface area contributed by atoms with Gasteiger partial charge in [-0.3, -0.25) is 15.2 Å². The van der Waals surface area contributed by atoms with E-state index in [9.17, 15) is 4.79 Å². The Labute approximate surface area is 118 Å². The zero-order valence-corrected chi connectivity index (χ0v) is 12.2. The summed E-state index contributed by atoms with van der Waals surface area (Å²) < 4.78 is 0. The molecule has 0 aliphatic heterocycles. The molecule has 0 radical (unpaired) electrons. The van der Waals surface area contributed by atoms with Crippen LogP contribution >= 0.6 is 11.6 Å². The topological polar surface area (TPSA) is 70.7 Å². The highest BCUT2D eigenvalue weighted by atomic mass is 35.5. The Morgan fingerprint density at radius 3 is 2.68 bits per heavy atom. The molecule has 0 saturated carbocycles. The van der Waals surface area contributed by atoms with Crippen molar-refractivity contribution in [3.63, 3.8) is 0 Å². The number of hydrogen-bond donors (Lipinski definition) is 2. The Morgan fingerprint density at radius 1 is 1.47 bits per heavy atom. The number of carbonyl (C=O) groups is 1. The number of para-hydroxylation sites is 1. The minimum atomic E-state index is -0.339. The van der Waals surface area contributed by atoms with E-state index in [0.29, 0.717) is 11.6 Å². The van der Waals surface area contributed by atoms with E-state index in [1.54, 1.807) is 11.0 Å². The van der Waals surface area contributed by atoms with E-state index < -0.39 is 0 Å². The second kappa shape index (κ2) is 6.99. The van der Waals surface area contributed by atoms with Gasteiger partial charge in [-0.15, -0.1) is 0 Å². The molecule has 0 atom stereocenters. The molecule has 19 heavy (non-hydrogen) atoms. The fraction of sp³-hybridized carbons (Fsp3) is 0.385. The van der Waals surface area contributed by atoms with Gasteiger partial charge in [0.05, 0.1) is 10.7 Å². The van der Waals surface area contributed by atoms with Gasteiger partial charge in [-0.05, 0) is 25.0 Å². The molecule has 0 saturated heterocycles. The van der Waals surface area contributed by atoms with E-state index in [-0.39, 0.29) is 12.0 Å². The van der Waals surface area contributed by atoms with Gasteiger partial charge in [-0.25, -0.2) is 4.79 Å². The lowest BCUT2D eigenvalue weighted by molar-refractivity contribution is 0.250. The van der Waals surface area contributed by atoms with E-state index in [1.807, 2.05) is 26.0 Å². The molecule has 1 aromatic rings. The molecule has 0 aliphatic carbocycles. The molecule has 2 amide bonds. The van der Waals surface area contributed by atoms with Gasteiger partial charge in [-0.2, -0.15) is 0 Å². The molecule has 0 bridgehead atoms. The molecular formula is C13H19ClN4O. The van der Waals surface area contributed by atoms with Crippen molar-refractivity contribution in [3.8, 4) is 0 Å². The van der Waals surface area contributed by atoms with Crippen molar-refractivity contribution in [3.05, 3.63) is 28.8 Å². The summed E-state index contributed by atoms with van der Waals surface area (Å²) in [6.45, 7) is 4.38. The van der Waals surface area contributed by atoms with Crippen molar-refractivity contribution in [1.82, 2.24) is 5.32 Å². The Kier molecular flexibility index (Phi) is 5.63. The zero-order chi connectivity index (χ0) is 14.4. The highest BCUT2D eigenvalue weighted by molar-refractivity contribution is 6.34. The van der Waals surface area contributed by atoms with Gasteiger partial charge in [0, 0.05) is 13.6 Å². The number of aliphatic imine (C=N–C) groups is 1. The Morgan fingerprint density at radius 2 is 2.16 bits per heavy atom. The number of carbonyl (C=O) groups excluding carboxylic acids is 1. The molecule has 0 unspecified atom stereocenters. The number of guanidine groups is 1. The average molecular weight is 283 g/mol. The summed E-state index contributed by atoms with van der Waals surface area (Å²) in [5.41, 5.74) is 7.24. The molecule has 0 spiro atoms. The van der Waals surface area contributed by atoms with Crippen LogP contribution in [-0.4, -0.2) is 25.6 Å². The van der Waals surface area contributed by atoms with E-state index in [4.69, 9.17) is 17.3 Å². The first kappa shape index (κ1) is 15.3. The number of rotatable bonds is 3. The molecule has 0 fully saturated rings. The molecule has 1 rings (SSSR count). The van der Waals surface area contributed by atoms with Gasteiger partial charge in [0.2, 0.25) is 0 Å². The second-order valence-corrected chi connectivity index (χ2v) is 4.29. The summed E-state index contributed by atoms with van der Waals surface area (Å²) >= 11 is 6.21. The second-order valence-electron chi connectivity index (χ2n) is 3.88. The molecule has 0 heterocycles. The number of halogens is 1. The number of anilines is 1. The first-order chi connectivity index (χ1) is 9.04. The van der Waals surface area contributed by atoms with Crippen LogP contribution in [0.5, 0.6) is 0 Å². The maximum absolute atomic E-state index is 12.2. The van der Waals surface area contributed by atoms with Crippen LogP contribution in [0.25, 0.3) is 0 Å². The van der Waals surface area contributed by atoms with Gasteiger partial charge in [0.15, 0.2) is 5.96 Å². The largest absolute Gasteiger partial charge is 0.370 e. The predicted molar refractivity (Wildman–Crippen MR) is 79.9 cm³/mol. The summed E-state index contributed by atoms with van der Waals surface area (Å²) in [7, 11) is 1.51. The number of nitrogens with one attached hydrogen (secondary N) is 1. The number of benzene rings is 1. The van der Waals surface area contributed by atoms with Crippen molar-refractivity contribution in [2.45, 2.75) is 20.3 Å². The fourth-order valence-electron chi connectivity index (χ4n) is 1.78. The standard InChI is InChI=1S/C13H19ClN4O/c1-4-9-7-6-8-10(14)11(9)18(5-2)13(19)17-12(15)16-3/h6-8H,4-5H2,1-3H3,(H3,15,16,17,19). The minimum absolute atomic E-state index is 0.0774. The quantitative estimate of drug-likeness (QED) is 0.660. The SMILES string of the molecule is CCc1cccc(Cl)c1N(CC)C(=O)NC(N)=NC. The lowest BCUT2D eigenvalue weighted by atomic mass is 10.1. The summed E-state index contributed by atoms with van der Waals surface area (Å²) in [5, 5.41) is 3.06. The first-order valence-corrected chi connectivity index (χ1v) is 6.51. The van der Waals surface area contributed by atoms with Crippen molar-refractivity contribution in [2.75, 3.05) is 18.5 Å².